The molecule has 0 aromatic heterocycles. The van der Waals surface area contributed by atoms with Crippen molar-refractivity contribution < 1.29 is 19.1 Å². The lowest BCUT2D eigenvalue weighted by Gasteiger charge is -2.23. The molecule has 32 heavy (non-hydrogen) atoms. The molecular weight excluding hydrogens is 408 g/mol. The molecule has 160 valence electrons. The predicted octanol–water partition coefficient (Wildman–Crippen LogP) is 3.18. The summed E-state index contributed by atoms with van der Waals surface area (Å²) in [4.78, 5) is 25.3. The molecule has 2 aliphatic rings. The van der Waals surface area contributed by atoms with Crippen LogP contribution in [0.1, 0.15) is 28.4 Å². The van der Waals surface area contributed by atoms with Crippen LogP contribution in [0, 0.1) is 0 Å². The number of nitrogens with one attached hydrogen (secondary N) is 2. The summed E-state index contributed by atoms with van der Waals surface area (Å²) in [5, 5.41) is 6.40. The number of hydrazine groups is 1. The molecule has 5 rings (SSSR count). The van der Waals surface area contributed by atoms with Gasteiger partial charge in [-0.25, -0.2) is 0 Å². The predicted molar refractivity (Wildman–Crippen MR) is 118 cm³/mol. The lowest BCUT2D eigenvalue weighted by Crippen LogP contribution is -2.44. The van der Waals surface area contributed by atoms with E-state index in [0.29, 0.717) is 29.2 Å². The monoisotopic (exact) mass is 428 g/mol. The summed E-state index contributed by atoms with van der Waals surface area (Å²) in [6.07, 6.45) is 0.407. The van der Waals surface area contributed by atoms with Crippen molar-refractivity contribution in [1.82, 2.24) is 10.9 Å². The summed E-state index contributed by atoms with van der Waals surface area (Å²) in [5.41, 5.74) is 7.51. The zero-order valence-electron chi connectivity index (χ0n) is 17.0. The summed E-state index contributed by atoms with van der Waals surface area (Å²) >= 11 is 0. The van der Waals surface area contributed by atoms with Gasteiger partial charge in [0, 0.05) is 12.0 Å². The Kier molecular flexibility index (Phi) is 5.17. The Morgan fingerprint density at radius 2 is 1.53 bits per heavy atom. The van der Waals surface area contributed by atoms with Gasteiger partial charge in [-0.3, -0.25) is 25.4 Å². The Labute approximate surface area is 184 Å². The number of para-hydroxylation sites is 1. The summed E-state index contributed by atoms with van der Waals surface area (Å²) in [5.74, 6) is 0.153. The summed E-state index contributed by atoms with van der Waals surface area (Å²) < 4.78 is 10.5. The molecule has 8 heteroatoms. The minimum Gasteiger partial charge on any atom is -0.454 e. The highest BCUT2D eigenvalue weighted by molar-refractivity contribution is 6.39. The van der Waals surface area contributed by atoms with Gasteiger partial charge in [0.05, 0.1) is 11.7 Å². The van der Waals surface area contributed by atoms with Crippen LogP contribution in [-0.2, 0) is 4.79 Å². The first-order chi connectivity index (χ1) is 15.7. The van der Waals surface area contributed by atoms with E-state index in [1.165, 1.54) is 0 Å². The second-order valence-electron chi connectivity index (χ2n) is 7.33. The van der Waals surface area contributed by atoms with Crippen LogP contribution in [0.2, 0.25) is 0 Å². The van der Waals surface area contributed by atoms with E-state index in [1.807, 2.05) is 65.7 Å². The molecule has 3 aromatic carbocycles. The number of hydrogen-bond acceptors (Lipinski definition) is 6. The number of benzene rings is 3. The molecule has 0 spiro atoms. The molecule has 3 aromatic rings. The second kappa shape index (κ2) is 8.43. The second-order valence-corrected chi connectivity index (χ2v) is 7.33. The summed E-state index contributed by atoms with van der Waals surface area (Å²) in [6, 6.07) is 24.3. The zero-order chi connectivity index (χ0) is 21.9. The molecule has 0 bridgehead atoms. The first-order valence-corrected chi connectivity index (χ1v) is 10.2. The Balaban J connectivity index is 1.30. The van der Waals surface area contributed by atoms with E-state index < -0.39 is 11.8 Å². The molecule has 8 nitrogen and oxygen atoms in total. The molecule has 2 aliphatic heterocycles. The standard InChI is InChI=1S/C24H20N4O4/c29-23(17-11-12-21-22(13-17)32-15-31-21)25-26-24(30)19-14-20(16-7-3-1-4-8-16)28(27-19)18-9-5-2-6-10-18/h1-13,20H,14-15H2,(H,25,29)(H,26,30). The summed E-state index contributed by atoms with van der Waals surface area (Å²) in [7, 11) is 0. The number of carbonyl (C=O) groups is 2. The van der Waals surface area contributed by atoms with E-state index in [4.69, 9.17) is 9.47 Å². The Morgan fingerprint density at radius 1 is 0.844 bits per heavy atom. The first kappa shape index (κ1) is 19.6. The Bertz CT molecular complexity index is 1180. The van der Waals surface area contributed by atoms with Gasteiger partial charge >= 0.3 is 0 Å². The topological polar surface area (TPSA) is 92.3 Å². The molecule has 2 amide bonds. The fraction of sp³-hybridized carbons (Fsp3) is 0.125. The van der Waals surface area contributed by atoms with E-state index in [0.717, 1.165) is 11.3 Å². The third-order valence-corrected chi connectivity index (χ3v) is 5.30. The molecule has 0 aliphatic carbocycles. The highest BCUT2D eigenvalue weighted by atomic mass is 16.7. The van der Waals surface area contributed by atoms with Crippen LogP contribution in [0.5, 0.6) is 11.5 Å². The third kappa shape index (κ3) is 3.85. The van der Waals surface area contributed by atoms with E-state index >= 15 is 0 Å². The minimum absolute atomic E-state index is 0.121. The fourth-order valence-electron chi connectivity index (χ4n) is 3.70. The maximum atomic E-state index is 12.8. The molecule has 0 saturated heterocycles. The van der Waals surface area contributed by atoms with Gasteiger partial charge in [0.25, 0.3) is 11.8 Å². The normalized spacial score (nSPS) is 16.4. The summed E-state index contributed by atoms with van der Waals surface area (Å²) in [6.45, 7) is 0.122. The number of anilines is 1. The van der Waals surface area contributed by atoms with Crippen LogP contribution >= 0.6 is 0 Å². The van der Waals surface area contributed by atoms with Crippen molar-refractivity contribution in [1.29, 1.82) is 0 Å². The van der Waals surface area contributed by atoms with E-state index in [9.17, 15) is 9.59 Å². The van der Waals surface area contributed by atoms with Crippen LogP contribution in [-0.4, -0.2) is 24.3 Å². The highest BCUT2D eigenvalue weighted by Gasteiger charge is 2.32. The highest BCUT2D eigenvalue weighted by Crippen LogP contribution is 2.35. The Morgan fingerprint density at radius 3 is 2.31 bits per heavy atom. The molecular formula is C24H20N4O4. The molecule has 2 heterocycles. The molecule has 0 radical (unpaired) electrons. The molecule has 2 N–H and O–H groups in total. The van der Waals surface area contributed by atoms with E-state index in [1.54, 1.807) is 18.2 Å². The number of ether oxygens (including phenoxy) is 2. The van der Waals surface area contributed by atoms with Gasteiger partial charge in [-0.05, 0) is 35.9 Å². The number of hydrogen-bond donors (Lipinski definition) is 2. The quantitative estimate of drug-likeness (QED) is 0.623. The van der Waals surface area contributed by atoms with E-state index in [-0.39, 0.29) is 12.8 Å². The van der Waals surface area contributed by atoms with Crippen molar-refractivity contribution in [2.45, 2.75) is 12.5 Å². The number of rotatable bonds is 4. The largest absolute Gasteiger partial charge is 0.454 e. The molecule has 0 saturated carbocycles. The van der Waals surface area contributed by atoms with Gasteiger partial charge in [-0.1, -0.05) is 48.5 Å². The van der Waals surface area contributed by atoms with E-state index in [2.05, 4.69) is 16.0 Å². The number of hydrazone groups is 1. The maximum Gasteiger partial charge on any atom is 0.285 e. The van der Waals surface area contributed by atoms with Crippen LogP contribution in [0.4, 0.5) is 5.69 Å². The van der Waals surface area contributed by atoms with Crippen molar-refractivity contribution in [2.75, 3.05) is 11.8 Å². The average molecular weight is 428 g/mol. The third-order valence-electron chi connectivity index (χ3n) is 5.30. The van der Waals surface area contributed by atoms with Crippen molar-refractivity contribution in [3.63, 3.8) is 0 Å². The van der Waals surface area contributed by atoms with Crippen molar-refractivity contribution in [3.05, 3.63) is 90.0 Å². The SMILES string of the molecule is O=C(NNC(=O)c1ccc2c(c1)OCO2)C1=NN(c2ccccc2)C(c2ccccc2)C1. The first-order valence-electron chi connectivity index (χ1n) is 10.2. The number of nitrogens with zero attached hydrogens (tertiary/aromatic N) is 2. The maximum absolute atomic E-state index is 12.8. The van der Waals surface area contributed by atoms with Gasteiger partial charge in [0.15, 0.2) is 11.5 Å². The molecule has 1 atom stereocenters. The van der Waals surface area contributed by atoms with Crippen molar-refractivity contribution in [3.8, 4) is 11.5 Å². The minimum atomic E-state index is -0.463. The average Bonchev–Trinajstić information content (AvgIpc) is 3.50. The number of fused-ring (bicyclic) bond motifs is 1. The number of carbonyl (C=O) groups excluding carboxylic acids is 2. The Hall–Kier alpha value is -4.33. The van der Waals surface area contributed by atoms with Crippen LogP contribution in [0.15, 0.2) is 84.0 Å². The lowest BCUT2D eigenvalue weighted by molar-refractivity contribution is -0.115. The van der Waals surface area contributed by atoms with Gasteiger partial charge in [-0.2, -0.15) is 5.10 Å². The van der Waals surface area contributed by atoms with Crippen LogP contribution < -0.4 is 25.3 Å². The number of amides is 2. The lowest BCUT2D eigenvalue weighted by atomic mass is 10.0. The van der Waals surface area contributed by atoms with Crippen LogP contribution in [0.25, 0.3) is 0 Å². The smallest absolute Gasteiger partial charge is 0.285 e. The van der Waals surface area contributed by atoms with Gasteiger partial charge in [-0.15, -0.1) is 0 Å². The van der Waals surface area contributed by atoms with Gasteiger partial charge in [0.2, 0.25) is 6.79 Å². The molecule has 0 fully saturated rings. The zero-order valence-corrected chi connectivity index (χ0v) is 17.0. The molecule has 1 unspecified atom stereocenters. The van der Waals surface area contributed by atoms with Gasteiger partial charge in [0.1, 0.15) is 5.71 Å². The van der Waals surface area contributed by atoms with Crippen LogP contribution in [0.3, 0.4) is 0 Å². The van der Waals surface area contributed by atoms with Crippen molar-refractivity contribution >= 4 is 23.2 Å². The van der Waals surface area contributed by atoms with Gasteiger partial charge < -0.3 is 9.47 Å². The fourth-order valence-corrected chi connectivity index (χ4v) is 3.70. The van der Waals surface area contributed by atoms with Crippen molar-refractivity contribution in [2.24, 2.45) is 5.10 Å².